The molecule has 0 bridgehead atoms. The van der Waals surface area contributed by atoms with Gasteiger partial charge in [-0.05, 0) is 24.4 Å². The van der Waals surface area contributed by atoms with Crippen LogP contribution in [0.2, 0.25) is 0 Å². The number of nitrogens with one attached hydrogen (secondary N) is 1. The summed E-state index contributed by atoms with van der Waals surface area (Å²) in [5.41, 5.74) is 0. The largest absolute Gasteiger partial charge is 0.313 e. The van der Waals surface area contributed by atoms with Gasteiger partial charge >= 0.3 is 0 Å². The van der Waals surface area contributed by atoms with E-state index in [1.165, 1.54) is 24.4 Å². The normalized spacial score (nSPS) is 18.0. The van der Waals surface area contributed by atoms with Gasteiger partial charge in [0.25, 0.3) is 0 Å². The van der Waals surface area contributed by atoms with Crippen molar-refractivity contribution in [1.82, 2.24) is 14.7 Å². The minimum Gasteiger partial charge on any atom is -0.313 e. The second-order valence-corrected chi connectivity index (χ2v) is 6.38. The quantitative estimate of drug-likeness (QED) is 0.778. The molecule has 3 nitrogen and oxygen atoms in total. The molecule has 0 amide bonds. The van der Waals surface area contributed by atoms with Gasteiger partial charge in [0.1, 0.15) is 5.82 Å². The molecule has 1 atom stereocenters. The molecular formula is C10H17N3S2. The van der Waals surface area contributed by atoms with Crippen molar-refractivity contribution in [3.8, 4) is 0 Å². The maximum absolute atomic E-state index is 4.45. The van der Waals surface area contributed by atoms with Crippen LogP contribution in [0.1, 0.15) is 32.5 Å². The first-order chi connectivity index (χ1) is 7.28. The van der Waals surface area contributed by atoms with E-state index < -0.39 is 0 Å². The number of nitrogens with zero attached hydrogens (tertiary/aromatic N) is 2. The first-order valence-electron chi connectivity index (χ1n) is 5.50. The van der Waals surface area contributed by atoms with Crippen molar-refractivity contribution in [3.05, 3.63) is 5.82 Å². The minimum absolute atomic E-state index is 0.586. The molecule has 1 heterocycles. The van der Waals surface area contributed by atoms with E-state index in [0.717, 1.165) is 29.2 Å². The number of aryl methyl sites for hydroxylation is 1. The highest BCUT2D eigenvalue weighted by molar-refractivity contribution is 8.01. The Morgan fingerprint density at radius 1 is 1.60 bits per heavy atom. The third-order valence-corrected chi connectivity index (χ3v) is 4.26. The lowest BCUT2D eigenvalue weighted by Gasteiger charge is -2.09. The van der Waals surface area contributed by atoms with E-state index in [-0.39, 0.29) is 0 Å². The molecule has 1 aliphatic rings. The molecule has 15 heavy (non-hydrogen) atoms. The van der Waals surface area contributed by atoms with E-state index in [4.69, 9.17) is 0 Å². The summed E-state index contributed by atoms with van der Waals surface area (Å²) in [6.07, 6.45) is 3.65. The molecule has 1 fully saturated rings. The van der Waals surface area contributed by atoms with Gasteiger partial charge in [-0.2, -0.15) is 4.37 Å². The lowest BCUT2D eigenvalue weighted by Crippen LogP contribution is -2.24. The van der Waals surface area contributed by atoms with Crippen molar-refractivity contribution in [2.24, 2.45) is 0 Å². The zero-order chi connectivity index (χ0) is 10.7. The van der Waals surface area contributed by atoms with Gasteiger partial charge in [-0.15, -0.1) is 0 Å². The number of hydrogen-bond acceptors (Lipinski definition) is 5. The van der Waals surface area contributed by atoms with Crippen molar-refractivity contribution in [2.45, 2.75) is 48.7 Å². The number of aromatic nitrogens is 2. The van der Waals surface area contributed by atoms with E-state index in [0.29, 0.717) is 5.25 Å². The fourth-order valence-electron chi connectivity index (χ4n) is 1.26. The van der Waals surface area contributed by atoms with Crippen LogP contribution in [0, 0.1) is 0 Å². The summed E-state index contributed by atoms with van der Waals surface area (Å²) in [7, 11) is 0. The van der Waals surface area contributed by atoms with Gasteiger partial charge in [-0.1, -0.05) is 25.6 Å². The molecule has 0 saturated heterocycles. The number of rotatable bonds is 6. The first-order valence-corrected chi connectivity index (χ1v) is 7.16. The van der Waals surface area contributed by atoms with Crippen LogP contribution in [0.15, 0.2) is 4.34 Å². The van der Waals surface area contributed by atoms with Gasteiger partial charge in [0, 0.05) is 24.3 Å². The summed E-state index contributed by atoms with van der Waals surface area (Å²) < 4.78 is 5.39. The second-order valence-electron chi connectivity index (χ2n) is 3.94. The molecule has 0 aromatic carbocycles. The third-order valence-electron chi connectivity index (χ3n) is 2.34. The standard InChI is InChI=1S/C10H17N3S2/c1-3-9-12-10(15-13-9)14-7(2)6-11-8-4-5-8/h7-8,11H,3-6H2,1-2H3. The lowest BCUT2D eigenvalue weighted by molar-refractivity contribution is 0.679. The van der Waals surface area contributed by atoms with E-state index in [1.807, 2.05) is 11.8 Å². The predicted molar refractivity (Wildman–Crippen MR) is 65.6 cm³/mol. The van der Waals surface area contributed by atoms with E-state index >= 15 is 0 Å². The molecule has 1 aliphatic carbocycles. The van der Waals surface area contributed by atoms with Crippen LogP contribution in [0.25, 0.3) is 0 Å². The smallest absolute Gasteiger partial charge is 0.170 e. The van der Waals surface area contributed by atoms with Crippen LogP contribution in [0.3, 0.4) is 0 Å². The molecule has 5 heteroatoms. The average molecular weight is 243 g/mol. The van der Waals surface area contributed by atoms with Crippen LogP contribution in [0.5, 0.6) is 0 Å². The maximum atomic E-state index is 4.45. The Balaban J connectivity index is 1.73. The van der Waals surface area contributed by atoms with Gasteiger partial charge in [0.2, 0.25) is 0 Å². The Kier molecular flexibility index (Phi) is 3.99. The molecule has 0 radical (unpaired) electrons. The van der Waals surface area contributed by atoms with Crippen molar-refractivity contribution < 1.29 is 0 Å². The zero-order valence-electron chi connectivity index (χ0n) is 9.19. The molecule has 1 aromatic rings. The molecule has 84 valence electrons. The van der Waals surface area contributed by atoms with Crippen LogP contribution in [-0.2, 0) is 6.42 Å². The van der Waals surface area contributed by atoms with E-state index in [1.54, 1.807) is 0 Å². The Bertz CT molecular complexity index is 309. The van der Waals surface area contributed by atoms with Crippen LogP contribution < -0.4 is 5.32 Å². The average Bonchev–Trinajstić information content (AvgIpc) is 2.96. The minimum atomic E-state index is 0.586. The summed E-state index contributed by atoms with van der Waals surface area (Å²) in [5.74, 6) is 0.977. The van der Waals surface area contributed by atoms with Gasteiger partial charge in [0.15, 0.2) is 4.34 Å². The highest BCUT2D eigenvalue weighted by Gasteiger charge is 2.21. The Labute approximate surface area is 99.2 Å². The van der Waals surface area contributed by atoms with Crippen molar-refractivity contribution in [1.29, 1.82) is 0 Å². The monoisotopic (exact) mass is 243 g/mol. The lowest BCUT2D eigenvalue weighted by atomic mass is 10.4. The summed E-state index contributed by atoms with van der Waals surface area (Å²) in [6, 6.07) is 0.800. The third kappa shape index (κ3) is 3.74. The van der Waals surface area contributed by atoms with Crippen molar-refractivity contribution in [2.75, 3.05) is 6.54 Å². The van der Waals surface area contributed by atoms with Crippen molar-refractivity contribution >= 4 is 23.3 Å². The predicted octanol–water partition coefficient (Wildman–Crippen LogP) is 2.33. The summed E-state index contributed by atoms with van der Waals surface area (Å²) in [5, 5.41) is 4.12. The molecule has 1 aromatic heterocycles. The van der Waals surface area contributed by atoms with Gasteiger partial charge < -0.3 is 5.32 Å². The Hall–Kier alpha value is -0.130. The Morgan fingerprint density at radius 2 is 2.40 bits per heavy atom. The molecule has 1 N–H and O–H groups in total. The maximum Gasteiger partial charge on any atom is 0.170 e. The summed E-state index contributed by atoms with van der Waals surface area (Å²) >= 11 is 3.36. The second kappa shape index (κ2) is 5.27. The van der Waals surface area contributed by atoms with Crippen LogP contribution in [-0.4, -0.2) is 27.2 Å². The number of hydrogen-bond donors (Lipinski definition) is 1. The molecular weight excluding hydrogens is 226 g/mol. The SMILES string of the molecule is CCc1nsc(SC(C)CNC2CC2)n1. The molecule has 1 saturated carbocycles. The molecule has 2 rings (SSSR count). The fourth-order valence-corrected chi connectivity index (χ4v) is 3.22. The molecule has 0 aliphatic heterocycles. The van der Waals surface area contributed by atoms with E-state index in [9.17, 15) is 0 Å². The highest BCUT2D eigenvalue weighted by Crippen LogP contribution is 2.25. The van der Waals surface area contributed by atoms with Crippen molar-refractivity contribution in [3.63, 3.8) is 0 Å². The fraction of sp³-hybridized carbons (Fsp3) is 0.800. The summed E-state index contributed by atoms with van der Waals surface area (Å²) in [6.45, 7) is 5.41. The molecule has 0 spiro atoms. The van der Waals surface area contributed by atoms with Gasteiger partial charge in [0.05, 0.1) is 0 Å². The van der Waals surface area contributed by atoms with E-state index in [2.05, 4.69) is 28.5 Å². The van der Waals surface area contributed by atoms with Crippen LogP contribution in [0.4, 0.5) is 0 Å². The zero-order valence-corrected chi connectivity index (χ0v) is 10.8. The topological polar surface area (TPSA) is 37.8 Å². The summed E-state index contributed by atoms with van der Waals surface area (Å²) in [4.78, 5) is 4.45. The first kappa shape index (κ1) is 11.4. The Morgan fingerprint density at radius 3 is 3.00 bits per heavy atom. The molecule has 1 unspecified atom stereocenters. The van der Waals surface area contributed by atoms with Crippen LogP contribution >= 0.6 is 23.3 Å². The van der Waals surface area contributed by atoms with Gasteiger partial charge in [-0.3, -0.25) is 0 Å². The highest BCUT2D eigenvalue weighted by atomic mass is 32.2. The van der Waals surface area contributed by atoms with Gasteiger partial charge in [-0.25, -0.2) is 4.98 Å². The number of thioether (sulfide) groups is 1.